The second-order valence-electron chi connectivity index (χ2n) is 6.53. The molecule has 2 amide bonds. The van der Waals surface area contributed by atoms with Gasteiger partial charge in [0.05, 0.1) is 24.3 Å². The second kappa shape index (κ2) is 6.60. The van der Waals surface area contributed by atoms with E-state index in [4.69, 9.17) is 9.94 Å². The fraction of sp³-hybridized carbons (Fsp3) is 0.600. The summed E-state index contributed by atoms with van der Waals surface area (Å²) in [6, 6.07) is 0.248. The third-order valence-corrected chi connectivity index (χ3v) is 4.27. The lowest BCUT2D eigenvalue weighted by molar-refractivity contribution is 0.0705. The summed E-state index contributed by atoms with van der Waals surface area (Å²) in [5.74, 6) is 0.184. The Morgan fingerprint density at radius 3 is 2.58 bits per heavy atom. The zero-order valence-electron chi connectivity index (χ0n) is 13.7. The number of rotatable bonds is 4. The van der Waals surface area contributed by atoms with Crippen molar-refractivity contribution < 1.29 is 19.5 Å². The maximum atomic E-state index is 12.1. The minimum Gasteiger partial charge on any atom is -0.449 e. The number of hydrogen-bond acceptors (Lipinski definition) is 7. The quantitative estimate of drug-likeness (QED) is 0.614. The van der Waals surface area contributed by atoms with Crippen LogP contribution in [0.25, 0.3) is 0 Å². The molecule has 130 valence electrons. The van der Waals surface area contributed by atoms with Gasteiger partial charge in [-0.05, 0) is 12.3 Å². The van der Waals surface area contributed by atoms with Crippen molar-refractivity contribution in [2.75, 3.05) is 24.6 Å². The van der Waals surface area contributed by atoms with Crippen molar-refractivity contribution in [3.05, 3.63) is 18.0 Å². The number of nitrogens with zero attached hydrogens (tertiary/aromatic N) is 4. The Labute approximate surface area is 139 Å². The molecule has 9 nitrogen and oxygen atoms in total. The molecule has 2 atom stereocenters. The molecule has 2 aliphatic heterocycles. The number of anilines is 1. The highest BCUT2D eigenvalue weighted by atomic mass is 16.6. The van der Waals surface area contributed by atoms with Crippen LogP contribution in [0.4, 0.5) is 10.7 Å². The summed E-state index contributed by atoms with van der Waals surface area (Å²) < 4.78 is 5.30. The van der Waals surface area contributed by atoms with E-state index < -0.39 is 5.91 Å². The zero-order chi connectivity index (χ0) is 17.3. The third-order valence-electron chi connectivity index (χ3n) is 4.27. The van der Waals surface area contributed by atoms with Gasteiger partial charge in [-0.25, -0.2) is 20.2 Å². The van der Waals surface area contributed by atoms with E-state index in [-0.39, 0.29) is 23.7 Å². The second-order valence-corrected chi connectivity index (χ2v) is 6.53. The number of aromatic nitrogens is 2. The molecule has 2 aliphatic rings. The van der Waals surface area contributed by atoms with Crippen LogP contribution in [0.3, 0.4) is 0 Å². The topological polar surface area (TPSA) is 108 Å². The van der Waals surface area contributed by atoms with Gasteiger partial charge in [-0.3, -0.25) is 10.0 Å². The first-order valence-corrected chi connectivity index (χ1v) is 7.96. The van der Waals surface area contributed by atoms with Gasteiger partial charge >= 0.3 is 6.09 Å². The number of hydroxylamine groups is 1. The molecule has 2 unspecified atom stereocenters. The van der Waals surface area contributed by atoms with Crippen molar-refractivity contribution in [1.29, 1.82) is 0 Å². The highest BCUT2D eigenvalue weighted by Crippen LogP contribution is 2.33. The van der Waals surface area contributed by atoms with E-state index in [1.165, 1.54) is 12.4 Å². The number of ether oxygens (including phenoxy) is 1. The van der Waals surface area contributed by atoms with Crippen LogP contribution < -0.4 is 10.4 Å². The van der Waals surface area contributed by atoms with Crippen molar-refractivity contribution in [1.82, 2.24) is 20.3 Å². The maximum absolute atomic E-state index is 12.1. The van der Waals surface area contributed by atoms with Crippen LogP contribution in [0.5, 0.6) is 0 Å². The monoisotopic (exact) mass is 335 g/mol. The molecule has 2 fully saturated rings. The summed E-state index contributed by atoms with van der Waals surface area (Å²) in [6.45, 7) is 5.66. The summed E-state index contributed by atoms with van der Waals surface area (Å²) in [5, 5.41) is 8.60. The minimum absolute atomic E-state index is 0.0960. The van der Waals surface area contributed by atoms with Crippen molar-refractivity contribution in [2.45, 2.75) is 32.4 Å². The smallest absolute Gasteiger partial charge is 0.410 e. The van der Waals surface area contributed by atoms with Gasteiger partial charge in [0.1, 0.15) is 0 Å². The number of fused-ring (bicyclic) bond motifs is 2. The van der Waals surface area contributed by atoms with Gasteiger partial charge in [-0.15, -0.1) is 0 Å². The van der Waals surface area contributed by atoms with Crippen LogP contribution in [0.2, 0.25) is 0 Å². The molecule has 2 N–H and O–H groups in total. The predicted molar refractivity (Wildman–Crippen MR) is 83.7 cm³/mol. The Bertz CT molecular complexity index is 621. The van der Waals surface area contributed by atoms with E-state index >= 15 is 0 Å². The molecule has 9 heteroatoms. The molecular weight excluding hydrogens is 314 g/mol. The number of nitrogens with one attached hydrogen (secondary N) is 1. The van der Waals surface area contributed by atoms with Crippen LogP contribution in [-0.2, 0) is 4.74 Å². The summed E-state index contributed by atoms with van der Waals surface area (Å²) in [4.78, 5) is 35.6. The Morgan fingerprint density at radius 1 is 1.33 bits per heavy atom. The van der Waals surface area contributed by atoms with E-state index in [0.717, 1.165) is 6.42 Å². The van der Waals surface area contributed by atoms with Crippen LogP contribution in [-0.4, -0.2) is 63.9 Å². The third kappa shape index (κ3) is 3.12. The Hall–Kier alpha value is -2.42. The van der Waals surface area contributed by atoms with Crippen molar-refractivity contribution in [3.8, 4) is 0 Å². The van der Waals surface area contributed by atoms with Crippen LogP contribution in [0.1, 0.15) is 30.6 Å². The molecule has 1 aromatic rings. The van der Waals surface area contributed by atoms with Gasteiger partial charge in [0, 0.05) is 25.5 Å². The van der Waals surface area contributed by atoms with Crippen molar-refractivity contribution in [2.24, 2.45) is 5.92 Å². The highest BCUT2D eigenvalue weighted by Gasteiger charge is 2.46. The summed E-state index contributed by atoms with van der Waals surface area (Å²) in [6.07, 6.45) is 3.34. The van der Waals surface area contributed by atoms with Gasteiger partial charge in [0.15, 0.2) is 0 Å². The van der Waals surface area contributed by atoms with E-state index in [2.05, 4.69) is 9.97 Å². The van der Waals surface area contributed by atoms with Crippen molar-refractivity contribution >= 4 is 17.9 Å². The molecule has 0 saturated carbocycles. The van der Waals surface area contributed by atoms with Gasteiger partial charge in [0.25, 0.3) is 5.91 Å². The fourth-order valence-electron chi connectivity index (χ4n) is 3.11. The number of likely N-dealkylation sites (tertiary alicyclic amines) is 1. The van der Waals surface area contributed by atoms with E-state index in [1.807, 2.05) is 18.7 Å². The lowest BCUT2D eigenvalue weighted by Gasteiger charge is -2.33. The first-order chi connectivity index (χ1) is 11.5. The highest BCUT2D eigenvalue weighted by molar-refractivity contribution is 5.92. The standard InChI is InChI=1S/C15H21N5O4/c1-9(2)8-24-15(22)20-7-11-3-12(20)6-19(11)14-16-4-10(5-17-14)13(21)18-23/h4-5,9,11-12,23H,3,6-8H2,1-2H3,(H,18,21). The predicted octanol–water partition coefficient (Wildman–Crippen LogP) is 0.651. The zero-order valence-corrected chi connectivity index (χ0v) is 13.7. The van der Waals surface area contributed by atoms with Crippen LogP contribution in [0, 0.1) is 5.92 Å². The fourth-order valence-corrected chi connectivity index (χ4v) is 3.11. The lowest BCUT2D eigenvalue weighted by Crippen LogP contribution is -2.49. The van der Waals surface area contributed by atoms with E-state index in [9.17, 15) is 9.59 Å². The molecule has 3 heterocycles. The van der Waals surface area contributed by atoms with Crippen LogP contribution >= 0.6 is 0 Å². The number of carbonyl (C=O) groups is 2. The molecular formula is C15H21N5O4. The maximum Gasteiger partial charge on any atom is 0.410 e. The van der Waals surface area contributed by atoms with Crippen molar-refractivity contribution in [3.63, 3.8) is 0 Å². The number of piperazine rings is 1. The first kappa shape index (κ1) is 16.4. The lowest BCUT2D eigenvalue weighted by atomic mass is 10.2. The van der Waals surface area contributed by atoms with E-state index in [1.54, 1.807) is 10.4 Å². The van der Waals surface area contributed by atoms with Gasteiger partial charge in [-0.2, -0.15) is 0 Å². The molecule has 0 radical (unpaired) electrons. The van der Waals surface area contributed by atoms with Crippen LogP contribution in [0.15, 0.2) is 12.4 Å². The molecule has 0 aromatic carbocycles. The Morgan fingerprint density at radius 2 is 2.04 bits per heavy atom. The Kier molecular flexibility index (Phi) is 4.52. The SMILES string of the molecule is CC(C)COC(=O)N1CC2CC1CN2c1ncc(C(=O)NO)cn1. The van der Waals surface area contributed by atoms with Gasteiger partial charge in [0.2, 0.25) is 5.95 Å². The molecule has 3 rings (SSSR count). The molecule has 0 spiro atoms. The Balaban J connectivity index is 1.61. The molecule has 1 aromatic heterocycles. The number of carbonyl (C=O) groups excluding carboxylic acids is 2. The minimum atomic E-state index is -0.649. The normalized spacial score (nSPS) is 22.2. The average Bonchev–Trinajstić information content (AvgIpc) is 3.19. The summed E-state index contributed by atoms with van der Waals surface area (Å²) in [7, 11) is 0. The molecule has 0 aliphatic carbocycles. The molecule has 2 bridgehead atoms. The largest absolute Gasteiger partial charge is 0.449 e. The first-order valence-electron chi connectivity index (χ1n) is 7.96. The summed E-state index contributed by atoms with van der Waals surface area (Å²) in [5.41, 5.74) is 1.73. The summed E-state index contributed by atoms with van der Waals surface area (Å²) >= 11 is 0. The molecule has 24 heavy (non-hydrogen) atoms. The van der Waals surface area contributed by atoms with Gasteiger partial charge in [-0.1, -0.05) is 13.8 Å². The van der Waals surface area contributed by atoms with E-state index in [0.29, 0.717) is 31.6 Å². The van der Waals surface area contributed by atoms with Gasteiger partial charge < -0.3 is 14.5 Å². The number of amides is 2. The number of hydrogen-bond donors (Lipinski definition) is 2. The molecule has 2 saturated heterocycles. The average molecular weight is 335 g/mol.